The first-order chi connectivity index (χ1) is 19.6. The number of fused-ring (bicyclic) bond motifs is 1. The second kappa shape index (κ2) is 14.3. The van der Waals surface area contributed by atoms with E-state index in [-0.39, 0.29) is 11.9 Å². The van der Waals surface area contributed by atoms with E-state index < -0.39 is 6.04 Å². The van der Waals surface area contributed by atoms with Crippen molar-refractivity contribution in [1.82, 2.24) is 9.55 Å². The second-order valence-corrected chi connectivity index (χ2v) is 9.91. The van der Waals surface area contributed by atoms with E-state index in [0.717, 1.165) is 65.9 Å². The fraction of sp³-hybridized carbons (Fsp3) is 0.364. The number of benzene rings is 3. The normalized spacial score (nSPS) is 11.8. The van der Waals surface area contributed by atoms with E-state index in [1.807, 2.05) is 36.4 Å². The Kier molecular flexibility index (Phi) is 10.3. The average Bonchev–Trinajstić information content (AvgIpc) is 3.39. The lowest BCUT2D eigenvalue weighted by Gasteiger charge is -2.32. The van der Waals surface area contributed by atoms with Crippen molar-refractivity contribution < 1.29 is 19.1 Å². The van der Waals surface area contributed by atoms with Crippen LogP contribution in [0.1, 0.15) is 51.9 Å². The number of anilines is 1. The van der Waals surface area contributed by atoms with Crippen LogP contribution in [0.5, 0.6) is 0 Å². The number of aromatic nitrogens is 2. The van der Waals surface area contributed by atoms with Crippen LogP contribution < -0.4 is 4.90 Å². The lowest BCUT2D eigenvalue weighted by molar-refractivity contribution is -0.142. The first-order valence-electron chi connectivity index (χ1n) is 14.1. The van der Waals surface area contributed by atoms with Crippen LogP contribution in [0, 0.1) is 0 Å². The van der Waals surface area contributed by atoms with Gasteiger partial charge in [-0.2, -0.15) is 0 Å². The van der Waals surface area contributed by atoms with Crippen LogP contribution >= 0.6 is 0 Å². The van der Waals surface area contributed by atoms with Crippen molar-refractivity contribution in [2.24, 2.45) is 0 Å². The summed E-state index contributed by atoms with van der Waals surface area (Å²) in [5.74, 6) is 0.438. The molecular formula is C33H39N3O4. The maximum Gasteiger partial charge on any atom is 0.328 e. The fourth-order valence-corrected chi connectivity index (χ4v) is 5.10. The minimum atomic E-state index is -0.396. The summed E-state index contributed by atoms with van der Waals surface area (Å²) >= 11 is 0. The Labute approximate surface area is 236 Å². The monoisotopic (exact) mass is 541 g/mol. The Morgan fingerprint density at radius 1 is 0.875 bits per heavy atom. The van der Waals surface area contributed by atoms with E-state index in [9.17, 15) is 9.59 Å². The smallest absolute Gasteiger partial charge is 0.328 e. The predicted octanol–water partition coefficient (Wildman–Crippen LogP) is 6.96. The predicted molar refractivity (Wildman–Crippen MR) is 160 cm³/mol. The highest BCUT2D eigenvalue weighted by atomic mass is 16.5. The number of esters is 2. The number of methoxy groups -OCH3 is 2. The van der Waals surface area contributed by atoms with Gasteiger partial charge in [-0.1, -0.05) is 74.7 Å². The summed E-state index contributed by atoms with van der Waals surface area (Å²) in [6.07, 6.45) is 5.45. The van der Waals surface area contributed by atoms with Gasteiger partial charge in [0.2, 0.25) is 0 Å². The lowest BCUT2D eigenvalue weighted by atomic mass is 10.1. The number of unbranched alkanes of at least 4 members (excludes halogenated alkanes) is 3. The van der Waals surface area contributed by atoms with Gasteiger partial charge >= 0.3 is 11.9 Å². The van der Waals surface area contributed by atoms with Crippen LogP contribution in [0.25, 0.3) is 28.1 Å². The van der Waals surface area contributed by atoms with Gasteiger partial charge in [-0.25, -0.2) is 9.78 Å². The molecule has 7 nitrogen and oxygen atoms in total. The molecule has 0 bridgehead atoms. The summed E-state index contributed by atoms with van der Waals surface area (Å²) in [6.45, 7) is 2.79. The highest BCUT2D eigenvalue weighted by molar-refractivity contribution is 5.87. The largest absolute Gasteiger partial charge is 0.469 e. The van der Waals surface area contributed by atoms with Gasteiger partial charge in [0.1, 0.15) is 11.9 Å². The standard InChI is InChI=1S/C33H39N3O4/c1-4-5-19-30(33(38)40-3)35(23-14-8-13-20-31(37)39-2)27-21-22-29-28(24-27)34-32(25-15-9-6-10-16-25)36(29)26-17-11-7-12-18-26/h6-7,9-12,15-18,21-22,24,30H,4-5,8,13-14,19-20,23H2,1-3H3. The van der Waals surface area contributed by atoms with Gasteiger partial charge in [0.05, 0.1) is 25.3 Å². The van der Waals surface area contributed by atoms with E-state index in [2.05, 4.69) is 58.9 Å². The van der Waals surface area contributed by atoms with E-state index >= 15 is 0 Å². The zero-order valence-corrected chi connectivity index (χ0v) is 23.7. The number of para-hydroxylation sites is 1. The Bertz CT molecular complexity index is 1390. The van der Waals surface area contributed by atoms with Crippen LogP contribution in [0.4, 0.5) is 5.69 Å². The average molecular weight is 542 g/mol. The molecule has 0 saturated carbocycles. The molecule has 4 rings (SSSR count). The molecule has 0 radical (unpaired) electrons. The first-order valence-corrected chi connectivity index (χ1v) is 14.1. The number of nitrogens with zero attached hydrogens (tertiary/aromatic N) is 3. The number of ether oxygens (including phenoxy) is 2. The first kappa shape index (κ1) is 28.9. The second-order valence-electron chi connectivity index (χ2n) is 9.91. The minimum absolute atomic E-state index is 0.194. The molecule has 1 unspecified atom stereocenters. The minimum Gasteiger partial charge on any atom is -0.469 e. The third kappa shape index (κ3) is 6.89. The van der Waals surface area contributed by atoms with Gasteiger partial charge in [0.25, 0.3) is 0 Å². The highest BCUT2D eigenvalue weighted by Crippen LogP contribution is 2.32. The van der Waals surface area contributed by atoms with Crippen molar-refractivity contribution in [1.29, 1.82) is 0 Å². The van der Waals surface area contributed by atoms with Crippen LogP contribution in [-0.4, -0.2) is 48.3 Å². The number of rotatable bonds is 14. The van der Waals surface area contributed by atoms with Gasteiger partial charge in [0.15, 0.2) is 0 Å². The van der Waals surface area contributed by atoms with Gasteiger partial charge in [0, 0.05) is 29.9 Å². The number of hydrogen-bond acceptors (Lipinski definition) is 6. The van der Waals surface area contributed by atoms with Crippen molar-refractivity contribution in [3.8, 4) is 17.1 Å². The van der Waals surface area contributed by atoms with E-state index in [1.54, 1.807) is 0 Å². The van der Waals surface area contributed by atoms with E-state index in [0.29, 0.717) is 19.4 Å². The summed E-state index contributed by atoms with van der Waals surface area (Å²) in [5, 5.41) is 0. The summed E-state index contributed by atoms with van der Waals surface area (Å²) in [6, 6.07) is 26.3. The Hall–Kier alpha value is -4.13. The third-order valence-corrected chi connectivity index (χ3v) is 7.20. The van der Waals surface area contributed by atoms with Gasteiger partial charge in [-0.15, -0.1) is 0 Å². The van der Waals surface area contributed by atoms with Gasteiger partial charge in [-0.05, 0) is 49.6 Å². The summed E-state index contributed by atoms with van der Waals surface area (Å²) in [5.41, 5.74) is 4.85. The molecule has 0 aliphatic rings. The third-order valence-electron chi connectivity index (χ3n) is 7.20. The Morgan fingerprint density at radius 3 is 2.27 bits per heavy atom. The lowest BCUT2D eigenvalue weighted by Crippen LogP contribution is -2.42. The Morgan fingerprint density at radius 2 is 1.60 bits per heavy atom. The van der Waals surface area contributed by atoms with E-state index in [1.165, 1.54) is 14.2 Å². The topological polar surface area (TPSA) is 73.7 Å². The zero-order valence-electron chi connectivity index (χ0n) is 23.7. The molecule has 4 aromatic rings. The molecule has 0 saturated heterocycles. The number of imidazole rings is 1. The van der Waals surface area contributed by atoms with Crippen LogP contribution in [0.3, 0.4) is 0 Å². The maximum atomic E-state index is 13.0. The van der Waals surface area contributed by atoms with Crippen molar-refractivity contribution >= 4 is 28.7 Å². The summed E-state index contributed by atoms with van der Waals surface area (Å²) in [7, 11) is 2.86. The molecule has 1 heterocycles. The molecule has 7 heteroatoms. The van der Waals surface area contributed by atoms with Gasteiger partial charge < -0.3 is 14.4 Å². The Balaban J connectivity index is 1.73. The number of carbonyl (C=O) groups is 2. The molecule has 3 aromatic carbocycles. The number of carbonyl (C=O) groups excluding carboxylic acids is 2. The van der Waals surface area contributed by atoms with Crippen LogP contribution in [-0.2, 0) is 19.1 Å². The summed E-state index contributed by atoms with van der Waals surface area (Å²) in [4.78, 5) is 31.8. The van der Waals surface area contributed by atoms with Crippen molar-refractivity contribution in [3.63, 3.8) is 0 Å². The molecule has 1 aromatic heterocycles. The molecule has 0 aliphatic carbocycles. The molecule has 0 aliphatic heterocycles. The molecule has 0 spiro atoms. The molecule has 0 N–H and O–H groups in total. The van der Waals surface area contributed by atoms with Crippen molar-refractivity contribution in [3.05, 3.63) is 78.9 Å². The molecule has 0 fully saturated rings. The molecule has 1 atom stereocenters. The molecular weight excluding hydrogens is 502 g/mol. The van der Waals surface area contributed by atoms with Crippen molar-refractivity contribution in [2.75, 3.05) is 25.7 Å². The van der Waals surface area contributed by atoms with E-state index in [4.69, 9.17) is 14.5 Å². The van der Waals surface area contributed by atoms with Gasteiger partial charge in [-0.3, -0.25) is 9.36 Å². The maximum absolute atomic E-state index is 13.0. The zero-order chi connectivity index (χ0) is 28.3. The quantitative estimate of drug-likeness (QED) is 0.127. The van der Waals surface area contributed by atoms with Crippen LogP contribution in [0.15, 0.2) is 78.9 Å². The SMILES string of the molecule is CCCCC(C(=O)OC)N(CCCCCC(=O)OC)c1ccc2c(c1)nc(-c1ccccc1)n2-c1ccccc1. The molecule has 40 heavy (non-hydrogen) atoms. The number of hydrogen-bond donors (Lipinski definition) is 0. The highest BCUT2D eigenvalue weighted by Gasteiger charge is 2.27. The van der Waals surface area contributed by atoms with Crippen molar-refractivity contribution in [2.45, 2.75) is 57.9 Å². The summed E-state index contributed by atoms with van der Waals surface area (Å²) < 4.78 is 12.2. The molecule has 0 amide bonds. The molecule has 210 valence electrons. The van der Waals surface area contributed by atoms with Crippen LogP contribution in [0.2, 0.25) is 0 Å². The fourth-order valence-electron chi connectivity index (χ4n) is 5.10.